The van der Waals surface area contributed by atoms with Crippen molar-refractivity contribution in [2.24, 2.45) is 0 Å². The molecular formula is C18H14Cl2N2O4S. The van der Waals surface area contributed by atoms with Gasteiger partial charge in [0.1, 0.15) is 23.2 Å². The number of hydrogen-bond donors (Lipinski definition) is 1. The first-order valence-electron chi connectivity index (χ1n) is 7.96. The highest BCUT2D eigenvalue weighted by Crippen LogP contribution is 2.32. The van der Waals surface area contributed by atoms with Crippen LogP contribution in [-0.2, 0) is 14.6 Å². The Morgan fingerprint density at radius 3 is 2.70 bits per heavy atom. The van der Waals surface area contributed by atoms with Gasteiger partial charge in [-0.2, -0.15) is 5.26 Å². The van der Waals surface area contributed by atoms with Gasteiger partial charge in [-0.15, -0.1) is 0 Å². The van der Waals surface area contributed by atoms with Gasteiger partial charge in [0.15, 0.2) is 9.84 Å². The maximum atomic E-state index is 12.2. The minimum Gasteiger partial charge on any atom is -0.457 e. The van der Waals surface area contributed by atoms with Gasteiger partial charge in [-0.3, -0.25) is 4.79 Å². The van der Waals surface area contributed by atoms with Crippen molar-refractivity contribution in [2.45, 2.75) is 12.5 Å². The second-order valence-electron chi connectivity index (χ2n) is 6.07. The average molecular weight is 425 g/mol. The van der Waals surface area contributed by atoms with Crippen molar-refractivity contribution in [2.75, 3.05) is 11.5 Å². The van der Waals surface area contributed by atoms with Gasteiger partial charge in [-0.05, 0) is 36.8 Å². The SMILES string of the molecule is N#C/C(=C\c1ccc(-c2ccc(Cl)cc2Cl)o1)C(=O)N[C@@H]1CCS(=O)(=O)C1. The summed E-state index contributed by atoms with van der Waals surface area (Å²) in [5.41, 5.74) is 0.447. The van der Waals surface area contributed by atoms with Gasteiger partial charge >= 0.3 is 0 Å². The summed E-state index contributed by atoms with van der Waals surface area (Å²) in [5, 5.41) is 12.7. The van der Waals surface area contributed by atoms with Crippen molar-refractivity contribution in [1.82, 2.24) is 5.32 Å². The van der Waals surface area contributed by atoms with Gasteiger partial charge in [-0.1, -0.05) is 23.2 Å². The molecule has 1 aromatic carbocycles. The number of rotatable bonds is 4. The summed E-state index contributed by atoms with van der Waals surface area (Å²) < 4.78 is 28.6. The van der Waals surface area contributed by atoms with Crippen LogP contribution in [0, 0.1) is 11.3 Å². The summed E-state index contributed by atoms with van der Waals surface area (Å²) in [6, 6.07) is 9.55. The Bertz CT molecular complexity index is 1070. The molecule has 140 valence electrons. The number of nitrogens with zero attached hydrogens (tertiary/aromatic N) is 1. The lowest BCUT2D eigenvalue weighted by Gasteiger charge is -2.09. The second kappa shape index (κ2) is 7.77. The van der Waals surface area contributed by atoms with Crippen molar-refractivity contribution in [3.05, 3.63) is 51.7 Å². The van der Waals surface area contributed by atoms with Crippen molar-refractivity contribution in [3.8, 4) is 17.4 Å². The van der Waals surface area contributed by atoms with E-state index in [1.807, 2.05) is 6.07 Å². The lowest BCUT2D eigenvalue weighted by molar-refractivity contribution is -0.117. The first kappa shape index (κ1) is 19.5. The standard InChI is InChI=1S/C18H14Cl2N2O4S/c19-12-1-3-15(16(20)8-12)17-4-2-14(26-17)7-11(9-21)18(23)22-13-5-6-27(24,25)10-13/h1-4,7-8,13H,5-6,10H2,(H,22,23)/b11-7+/t13-/m1/s1. The van der Waals surface area contributed by atoms with E-state index in [2.05, 4.69) is 5.32 Å². The lowest BCUT2D eigenvalue weighted by atomic mass is 10.2. The molecule has 1 aliphatic heterocycles. The number of halogens is 2. The number of benzene rings is 1. The number of carbonyl (C=O) groups is 1. The highest BCUT2D eigenvalue weighted by atomic mass is 35.5. The molecule has 1 fully saturated rings. The third kappa shape index (κ3) is 4.72. The molecule has 1 aromatic heterocycles. The van der Waals surface area contributed by atoms with Gasteiger partial charge in [0.05, 0.1) is 16.5 Å². The van der Waals surface area contributed by atoms with E-state index in [1.165, 1.54) is 6.08 Å². The highest BCUT2D eigenvalue weighted by molar-refractivity contribution is 7.91. The Morgan fingerprint density at radius 2 is 2.07 bits per heavy atom. The van der Waals surface area contributed by atoms with Crippen molar-refractivity contribution in [3.63, 3.8) is 0 Å². The molecule has 0 saturated carbocycles. The molecule has 0 radical (unpaired) electrons. The normalized spacial score (nSPS) is 18.9. The predicted molar refractivity (Wildman–Crippen MR) is 103 cm³/mol. The molecule has 1 N–H and O–H groups in total. The first-order valence-corrected chi connectivity index (χ1v) is 10.5. The van der Waals surface area contributed by atoms with E-state index in [0.29, 0.717) is 33.6 Å². The molecule has 2 heterocycles. The van der Waals surface area contributed by atoms with Crippen LogP contribution in [0.5, 0.6) is 0 Å². The zero-order valence-corrected chi connectivity index (χ0v) is 16.2. The number of amides is 1. The van der Waals surface area contributed by atoms with Gasteiger partial charge in [0.2, 0.25) is 0 Å². The largest absolute Gasteiger partial charge is 0.457 e. The molecule has 1 atom stereocenters. The quantitative estimate of drug-likeness (QED) is 0.597. The molecule has 3 rings (SSSR count). The Kier molecular flexibility index (Phi) is 5.61. The Labute approximate surface area is 166 Å². The van der Waals surface area contributed by atoms with Crippen LogP contribution in [0.4, 0.5) is 0 Å². The lowest BCUT2D eigenvalue weighted by Crippen LogP contribution is -2.36. The molecule has 6 nitrogen and oxygen atoms in total. The highest BCUT2D eigenvalue weighted by Gasteiger charge is 2.29. The van der Waals surface area contributed by atoms with Gasteiger partial charge in [0.25, 0.3) is 5.91 Å². The van der Waals surface area contributed by atoms with Crippen LogP contribution in [0.15, 0.2) is 40.3 Å². The number of sulfone groups is 1. The first-order chi connectivity index (χ1) is 12.8. The van der Waals surface area contributed by atoms with Crippen LogP contribution >= 0.6 is 23.2 Å². The van der Waals surface area contributed by atoms with Crippen molar-refractivity contribution in [1.29, 1.82) is 5.26 Å². The predicted octanol–water partition coefficient (Wildman–Crippen LogP) is 3.46. The zero-order valence-electron chi connectivity index (χ0n) is 13.9. The fourth-order valence-electron chi connectivity index (χ4n) is 2.73. The molecule has 1 aliphatic rings. The summed E-state index contributed by atoms with van der Waals surface area (Å²) in [6.45, 7) is 0. The molecule has 0 spiro atoms. The van der Waals surface area contributed by atoms with Gasteiger partial charge < -0.3 is 9.73 Å². The molecule has 9 heteroatoms. The Balaban J connectivity index is 1.77. The van der Waals surface area contributed by atoms with E-state index >= 15 is 0 Å². The maximum Gasteiger partial charge on any atom is 0.262 e. The van der Waals surface area contributed by atoms with Crippen LogP contribution < -0.4 is 5.32 Å². The second-order valence-corrected chi connectivity index (χ2v) is 9.14. The van der Waals surface area contributed by atoms with Crippen LogP contribution in [-0.4, -0.2) is 31.9 Å². The minimum atomic E-state index is -3.12. The number of nitrogens with one attached hydrogen (secondary N) is 1. The summed E-state index contributed by atoms with van der Waals surface area (Å²) >= 11 is 12.0. The van der Waals surface area contributed by atoms with Gasteiger partial charge in [-0.25, -0.2) is 8.42 Å². The monoisotopic (exact) mass is 424 g/mol. The third-order valence-corrected chi connectivity index (χ3v) is 6.36. The fraction of sp³-hybridized carbons (Fsp3) is 0.222. The van der Waals surface area contributed by atoms with Crippen LogP contribution in [0.2, 0.25) is 10.0 Å². The molecular weight excluding hydrogens is 411 g/mol. The van der Waals surface area contributed by atoms with E-state index in [9.17, 15) is 18.5 Å². The molecule has 0 aliphatic carbocycles. The topological polar surface area (TPSA) is 100 Å². The molecule has 27 heavy (non-hydrogen) atoms. The molecule has 2 aromatic rings. The minimum absolute atomic E-state index is 0.0347. The van der Waals surface area contributed by atoms with E-state index in [0.717, 1.165) is 0 Å². The number of hydrogen-bond acceptors (Lipinski definition) is 5. The van der Waals surface area contributed by atoms with Crippen molar-refractivity contribution < 1.29 is 17.6 Å². The van der Waals surface area contributed by atoms with Crippen molar-refractivity contribution >= 4 is 45.0 Å². The Hall–Kier alpha value is -2.27. The van der Waals surface area contributed by atoms with E-state index in [-0.39, 0.29) is 17.1 Å². The molecule has 1 saturated heterocycles. The summed E-state index contributed by atoms with van der Waals surface area (Å²) in [5.74, 6) is 0.0380. The molecule has 1 amide bonds. The fourth-order valence-corrected chi connectivity index (χ4v) is 4.90. The molecule has 0 bridgehead atoms. The zero-order chi connectivity index (χ0) is 19.6. The average Bonchev–Trinajstić information content (AvgIpc) is 3.18. The van der Waals surface area contributed by atoms with E-state index in [1.54, 1.807) is 30.3 Å². The Morgan fingerprint density at radius 1 is 1.30 bits per heavy atom. The van der Waals surface area contributed by atoms with Crippen LogP contribution in [0.25, 0.3) is 17.4 Å². The third-order valence-electron chi connectivity index (χ3n) is 4.04. The smallest absolute Gasteiger partial charge is 0.262 e. The van der Waals surface area contributed by atoms with Crippen LogP contribution in [0.1, 0.15) is 12.2 Å². The van der Waals surface area contributed by atoms with E-state index < -0.39 is 21.8 Å². The van der Waals surface area contributed by atoms with Gasteiger partial charge in [0, 0.05) is 22.7 Å². The van der Waals surface area contributed by atoms with E-state index in [4.69, 9.17) is 27.6 Å². The number of nitriles is 1. The molecule has 0 unspecified atom stereocenters. The summed E-state index contributed by atoms with van der Waals surface area (Å²) in [6.07, 6.45) is 1.64. The maximum absolute atomic E-state index is 12.2. The number of carbonyl (C=O) groups excluding carboxylic acids is 1. The number of furan rings is 1. The summed E-state index contributed by atoms with van der Waals surface area (Å²) in [7, 11) is -3.12. The summed E-state index contributed by atoms with van der Waals surface area (Å²) in [4.78, 5) is 12.2. The van der Waals surface area contributed by atoms with Crippen LogP contribution in [0.3, 0.4) is 0 Å².